The molecule has 0 heterocycles. The highest BCUT2D eigenvalue weighted by Gasteiger charge is 2.31. The maximum atomic E-state index is 12.3. The van der Waals surface area contributed by atoms with Crippen LogP contribution in [0.5, 0.6) is 17.2 Å². The third-order valence-electron chi connectivity index (χ3n) is 3.33. The van der Waals surface area contributed by atoms with Crippen molar-refractivity contribution in [2.75, 3.05) is 28.4 Å². The van der Waals surface area contributed by atoms with Crippen molar-refractivity contribution in [2.24, 2.45) is 0 Å². The SMILES string of the molecule is COc1cc(C(=O)N(C)C2CC2)cc(OC)c1OC. The number of hydrogen-bond donors (Lipinski definition) is 0. The molecule has 0 spiro atoms. The fraction of sp³-hybridized carbons (Fsp3) is 0.500. The van der Waals surface area contributed by atoms with Gasteiger partial charge < -0.3 is 19.1 Å². The number of ether oxygens (including phenoxy) is 3. The molecular weight excluding hydrogens is 246 g/mol. The van der Waals surface area contributed by atoms with E-state index in [-0.39, 0.29) is 5.91 Å². The average molecular weight is 265 g/mol. The predicted octanol–water partition coefficient (Wildman–Crippen LogP) is 1.95. The predicted molar refractivity (Wildman–Crippen MR) is 71.2 cm³/mol. The summed E-state index contributed by atoms with van der Waals surface area (Å²) in [6, 6.07) is 3.73. The maximum Gasteiger partial charge on any atom is 0.254 e. The fourth-order valence-electron chi connectivity index (χ4n) is 2.04. The molecule has 5 nitrogen and oxygen atoms in total. The van der Waals surface area contributed by atoms with Gasteiger partial charge in [-0.25, -0.2) is 0 Å². The summed E-state index contributed by atoms with van der Waals surface area (Å²) in [6.45, 7) is 0. The molecule has 1 aliphatic carbocycles. The number of carbonyl (C=O) groups excluding carboxylic acids is 1. The van der Waals surface area contributed by atoms with Gasteiger partial charge in [0.2, 0.25) is 5.75 Å². The molecule has 0 N–H and O–H groups in total. The highest BCUT2D eigenvalue weighted by atomic mass is 16.5. The Bertz CT molecular complexity index is 457. The van der Waals surface area contributed by atoms with Crippen LogP contribution in [0.2, 0.25) is 0 Å². The molecular formula is C14H19NO4. The van der Waals surface area contributed by atoms with Crippen LogP contribution in [0.4, 0.5) is 0 Å². The summed E-state index contributed by atoms with van der Waals surface area (Å²) in [6.07, 6.45) is 2.15. The lowest BCUT2D eigenvalue weighted by molar-refractivity contribution is 0.0784. The molecule has 1 aromatic rings. The van der Waals surface area contributed by atoms with E-state index >= 15 is 0 Å². The Kier molecular flexibility index (Phi) is 3.83. The fourth-order valence-corrected chi connectivity index (χ4v) is 2.04. The van der Waals surface area contributed by atoms with Gasteiger partial charge in [-0.2, -0.15) is 0 Å². The van der Waals surface area contributed by atoms with Crippen LogP contribution >= 0.6 is 0 Å². The van der Waals surface area contributed by atoms with Crippen LogP contribution in [-0.4, -0.2) is 45.2 Å². The van der Waals surface area contributed by atoms with Gasteiger partial charge in [0.15, 0.2) is 11.5 Å². The zero-order valence-electron chi connectivity index (χ0n) is 11.7. The van der Waals surface area contributed by atoms with Crippen molar-refractivity contribution in [1.82, 2.24) is 4.90 Å². The van der Waals surface area contributed by atoms with Gasteiger partial charge in [-0.15, -0.1) is 0 Å². The lowest BCUT2D eigenvalue weighted by Gasteiger charge is -2.18. The Hall–Kier alpha value is -1.91. The normalized spacial score (nSPS) is 13.9. The lowest BCUT2D eigenvalue weighted by Crippen LogP contribution is -2.28. The molecule has 0 aliphatic heterocycles. The van der Waals surface area contributed by atoms with Crippen LogP contribution in [0, 0.1) is 0 Å². The minimum atomic E-state index is -0.0262. The van der Waals surface area contributed by atoms with Crippen LogP contribution in [0.15, 0.2) is 12.1 Å². The van der Waals surface area contributed by atoms with Crippen molar-refractivity contribution < 1.29 is 19.0 Å². The molecule has 1 fully saturated rings. The first-order chi connectivity index (χ1) is 9.12. The number of methoxy groups -OCH3 is 3. The Labute approximate surface area is 113 Å². The first-order valence-corrected chi connectivity index (χ1v) is 6.19. The summed E-state index contributed by atoms with van der Waals surface area (Å²) in [5, 5.41) is 0. The topological polar surface area (TPSA) is 48.0 Å². The second-order valence-electron chi connectivity index (χ2n) is 4.56. The summed E-state index contributed by atoms with van der Waals surface area (Å²) in [5.41, 5.74) is 0.545. The van der Waals surface area contributed by atoms with Crippen molar-refractivity contribution in [1.29, 1.82) is 0 Å². The minimum absolute atomic E-state index is 0.0262. The number of rotatable bonds is 5. The smallest absolute Gasteiger partial charge is 0.254 e. The summed E-state index contributed by atoms with van der Waals surface area (Å²) in [4.78, 5) is 14.1. The Balaban J connectivity index is 2.37. The standard InChI is InChI=1S/C14H19NO4/c1-15(10-5-6-10)14(16)9-7-11(17-2)13(19-4)12(8-9)18-3/h7-8,10H,5-6H2,1-4H3. The van der Waals surface area contributed by atoms with Crippen molar-refractivity contribution in [2.45, 2.75) is 18.9 Å². The third-order valence-corrected chi connectivity index (χ3v) is 3.33. The highest BCUT2D eigenvalue weighted by molar-refractivity contribution is 5.95. The Morgan fingerprint density at radius 3 is 2.00 bits per heavy atom. The molecule has 0 bridgehead atoms. The first kappa shape index (κ1) is 13.5. The van der Waals surface area contributed by atoms with E-state index in [2.05, 4.69) is 0 Å². The third kappa shape index (κ3) is 2.59. The van der Waals surface area contributed by atoms with Crippen molar-refractivity contribution in [3.63, 3.8) is 0 Å². The van der Waals surface area contributed by atoms with Crippen molar-refractivity contribution in [3.05, 3.63) is 17.7 Å². The number of hydrogen-bond acceptors (Lipinski definition) is 4. The molecule has 0 unspecified atom stereocenters. The van der Waals surface area contributed by atoms with E-state index in [1.807, 2.05) is 7.05 Å². The zero-order chi connectivity index (χ0) is 14.0. The number of benzene rings is 1. The van der Waals surface area contributed by atoms with Crippen molar-refractivity contribution >= 4 is 5.91 Å². The molecule has 0 aromatic heterocycles. The average Bonchev–Trinajstić information content (AvgIpc) is 3.28. The summed E-state index contributed by atoms with van der Waals surface area (Å²) in [5.74, 6) is 1.46. The van der Waals surface area contributed by atoms with E-state index < -0.39 is 0 Å². The monoisotopic (exact) mass is 265 g/mol. The quantitative estimate of drug-likeness (QED) is 0.816. The van der Waals surface area contributed by atoms with Gasteiger partial charge in [0, 0.05) is 18.7 Å². The zero-order valence-corrected chi connectivity index (χ0v) is 11.7. The first-order valence-electron chi connectivity index (χ1n) is 6.19. The molecule has 1 aromatic carbocycles. The van der Waals surface area contributed by atoms with Crippen LogP contribution in [0.1, 0.15) is 23.2 Å². The molecule has 19 heavy (non-hydrogen) atoms. The molecule has 1 saturated carbocycles. The number of amides is 1. The largest absolute Gasteiger partial charge is 0.493 e. The van der Waals surface area contributed by atoms with E-state index in [9.17, 15) is 4.79 Å². The van der Waals surface area contributed by atoms with E-state index in [0.717, 1.165) is 12.8 Å². The molecule has 1 aliphatic rings. The molecule has 1 amide bonds. The minimum Gasteiger partial charge on any atom is -0.493 e. The van der Waals surface area contributed by atoms with Crippen LogP contribution < -0.4 is 14.2 Å². The Morgan fingerprint density at radius 1 is 1.11 bits per heavy atom. The van der Waals surface area contributed by atoms with Crippen LogP contribution in [0.25, 0.3) is 0 Å². The van der Waals surface area contributed by atoms with Gasteiger partial charge in [0.05, 0.1) is 21.3 Å². The Morgan fingerprint density at radius 2 is 1.63 bits per heavy atom. The molecule has 0 atom stereocenters. The molecule has 5 heteroatoms. The second-order valence-corrected chi connectivity index (χ2v) is 4.56. The molecule has 2 rings (SSSR count). The van der Waals surface area contributed by atoms with Crippen molar-refractivity contribution in [3.8, 4) is 17.2 Å². The van der Waals surface area contributed by atoms with Crippen LogP contribution in [0.3, 0.4) is 0 Å². The van der Waals surface area contributed by atoms with E-state index in [0.29, 0.717) is 28.9 Å². The highest BCUT2D eigenvalue weighted by Crippen LogP contribution is 2.39. The van der Waals surface area contributed by atoms with Gasteiger partial charge in [-0.3, -0.25) is 4.79 Å². The van der Waals surface area contributed by atoms with E-state index in [1.165, 1.54) is 21.3 Å². The van der Waals surface area contributed by atoms with E-state index in [1.54, 1.807) is 17.0 Å². The molecule has 104 valence electrons. The van der Waals surface area contributed by atoms with Gasteiger partial charge in [-0.05, 0) is 25.0 Å². The van der Waals surface area contributed by atoms with Gasteiger partial charge in [0.1, 0.15) is 0 Å². The summed E-state index contributed by atoms with van der Waals surface area (Å²) in [7, 11) is 6.44. The number of carbonyl (C=O) groups is 1. The maximum absolute atomic E-state index is 12.3. The van der Waals surface area contributed by atoms with E-state index in [4.69, 9.17) is 14.2 Å². The number of nitrogens with zero attached hydrogens (tertiary/aromatic N) is 1. The van der Waals surface area contributed by atoms with Gasteiger partial charge >= 0.3 is 0 Å². The van der Waals surface area contributed by atoms with Crippen LogP contribution in [-0.2, 0) is 0 Å². The molecule has 0 radical (unpaired) electrons. The van der Waals surface area contributed by atoms with Gasteiger partial charge in [-0.1, -0.05) is 0 Å². The second kappa shape index (κ2) is 5.38. The summed E-state index contributed by atoms with van der Waals surface area (Å²) < 4.78 is 15.7. The molecule has 0 saturated heterocycles. The lowest BCUT2D eigenvalue weighted by atomic mass is 10.1. The summed E-state index contributed by atoms with van der Waals surface area (Å²) >= 11 is 0. The van der Waals surface area contributed by atoms with Gasteiger partial charge in [0.25, 0.3) is 5.91 Å².